The van der Waals surface area contributed by atoms with Crippen LogP contribution in [0.4, 0.5) is 5.13 Å². The first kappa shape index (κ1) is 20.6. The topological polar surface area (TPSA) is 174 Å². The van der Waals surface area contributed by atoms with Gasteiger partial charge >= 0.3 is 11.9 Å². The normalized spacial score (nSPS) is 21.2. The first-order valence-electron chi connectivity index (χ1n) is 7.97. The number of anilines is 1. The van der Waals surface area contributed by atoms with Crippen LogP contribution in [0.15, 0.2) is 22.0 Å². The number of fused-ring (bicyclic) bond motifs is 1. The van der Waals surface area contributed by atoms with Crippen molar-refractivity contribution in [3.8, 4) is 0 Å². The van der Waals surface area contributed by atoms with E-state index in [4.69, 9.17) is 10.5 Å². The highest BCUT2D eigenvalue weighted by atomic mass is 32.2. The van der Waals surface area contributed by atoms with Gasteiger partial charge in [-0.25, -0.2) is 9.78 Å². The Kier molecular flexibility index (Phi) is 5.74. The summed E-state index contributed by atoms with van der Waals surface area (Å²) in [5.74, 6) is -3.58. The lowest BCUT2D eigenvalue weighted by Crippen LogP contribution is -2.71. The van der Waals surface area contributed by atoms with Gasteiger partial charge in [0.05, 0.1) is 5.75 Å². The van der Waals surface area contributed by atoms with Crippen LogP contribution in [-0.4, -0.2) is 68.7 Å². The lowest BCUT2D eigenvalue weighted by Gasteiger charge is -2.48. The number of aliphatic carboxylic acids is 1. The maximum atomic E-state index is 12.6. The van der Waals surface area contributed by atoms with E-state index in [1.807, 2.05) is 0 Å². The van der Waals surface area contributed by atoms with Crippen LogP contribution >= 0.6 is 23.1 Å². The number of ether oxygens (including phenoxy) is 1. The van der Waals surface area contributed by atoms with Gasteiger partial charge < -0.3 is 25.7 Å². The van der Waals surface area contributed by atoms with Gasteiger partial charge in [0, 0.05) is 12.3 Å². The van der Waals surface area contributed by atoms with Gasteiger partial charge in [0.25, 0.3) is 11.8 Å². The van der Waals surface area contributed by atoms with Crippen molar-refractivity contribution in [3.05, 3.63) is 22.5 Å². The predicted octanol–water partition coefficient (Wildman–Crippen LogP) is -0.665. The molecule has 0 aliphatic carbocycles. The second kappa shape index (κ2) is 8.08. The standard InChI is InChI=1S/C15H15N5O7S2/c1-5(21)27-7-4-28-13-9(12(23)20(13)10(7)14(24)25)18-11(22)8(19-26-2)6-3-29-15(16)17-6/h3,9,13H,4H2,1-2H3,(H2,16,17)(H,18,22)(H,24,25)/b19-8+/t9-,13-/m1/s1. The number of esters is 1. The number of nitrogens with zero attached hydrogens (tertiary/aromatic N) is 3. The third-order valence-corrected chi connectivity index (χ3v) is 5.78. The van der Waals surface area contributed by atoms with E-state index in [0.29, 0.717) is 0 Å². The number of amides is 2. The number of aromatic nitrogens is 1. The van der Waals surface area contributed by atoms with Crippen molar-refractivity contribution in [2.75, 3.05) is 18.6 Å². The Hall–Kier alpha value is -3.13. The molecule has 2 atom stereocenters. The van der Waals surface area contributed by atoms with Crippen LogP contribution in [-0.2, 0) is 28.8 Å². The zero-order valence-corrected chi connectivity index (χ0v) is 16.7. The van der Waals surface area contributed by atoms with Gasteiger partial charge in [-0.05, 0) is 0 Å². The number of carboxylic acids is 1. The molecule has 0 unspecified atom stereocenters. The van der Waals surface area contributed by atoms with Crippen molar-refractivity contribution in [2.24, 2.45) is 5.16 Å². The van der Waals surface area contributed by atoms with Gasteiger partial charge in [0.15, 0.2) is 16.5 Å². The third-order valence-electron chi connectivity index (χ3n) is 3.85. The predicted molar refractivity (Wildman–Crippen MR) is 102 cm³/mol. The van der Waals surface area contributed by atoms with Crippen LogP contribution < -0.4 is 11.1 Å². The molecule has 2 aliphatic heterocycles. The number of carboxylic acid groups (broad SMARTS) is 1. The Labute approximate surface area is 171 Å². The van der Waals surface area contributed by atoms with Gasteiger partial charge in [0.2, 0.25) is 0 Å². The maximum Gasteiger partial charge on any atom is 0.356 e. The largest absolute Gasteiger partial charge is 0.476 e. The van der Waals surface area contributed by atoms with E-state index >= 15 is 0 Å². The van der Waals surface area contributed by atoms with Crippen molar-refractivity contribution in [1.29, 1.82) is 0 Å². The van der Waals surface area contributed by atoms with Crippen molar-refractivity contribution in [1.82, 2.24) is 15.2 Å². The molecular weight excluding hydrogens is 426 g/mol. The van der Waals surface area contributed by atoms with E-state index < -0.39 is 40.9 Å². The monoisotopic (exact) mass is 441 g/mol. The molecule has 14 heteroatoms. The Balaban J connectivity index is 1.80. The molecule has 29 heavy (non-hydrogen) atoms. The number of thioether (sulfide) groups is 1. The molecule has 0 radical (unpaired) electrons. The summed E-state index contributed by atoms with van der Waals surface area (Å²) in [5.41, 5.74) is 5.15. The summed E-state index contributed by atoms with van der Waals surface area (Å²) >= 11 is 2.25. The number of nitrogens with two attached hydrogens (primary N) is 1. The van der Waals surface area contributed by atoms with Crippen LogP contribution in [0.2, 0.25) is 0 Å². The van der Waals surface area contributed by atoms with E-state index in [1.54, 1.807) is 0 Å². The molecule has 2 amide bonds. The summed E-state index contributed by atoms with van der Waals surface area (Å²) in [6, 6.07) is -1.00. The maximum absolute atomic E-state index is 12.6. The fraction of sp³-hybridized carbons (Fsp3) is 0.333. The van der Waals surface area contributed by atoms with Crippen LogP contribution in [0.25, 0.3) is 0 Å². The Morgan fingerprint density at radius 1 is 1.45 bits per heavy atom. The highest BCUT2D eigenvalue weighted by molar-refractivity contribution is 8.00. The quantitative estimate of drug-likeness (QED) is 0.222. The van der Waals surface area contributed by atoms with E-state index in [2.05, 4.69) is 20.3 Å². The molecule has 4 N–H and O–H groups in total. The summed E-state index contributed by atoms with van der Waals surface area (Å²) in [4.78, 5) is 57.6. The Morgan fingerprint density at radius 3 is 2.72 bits per heavy atom. The minimum Gasteiger partial charge on any atom is -0.476 e. The number of carbonyl (C=O) groups excluding carboxylic acids is 3. The van der Waals surface area contributed by atoms with Crippen LogP contribution in [0, 0.1) is 0 Å². The molecule has 0 aromatic carbocycles. The fourth-order valence-electron chi connectivity index (χ4n) is 2.74. The van der Waals surface area contributed by atoms with Crippen molar-refractivity contribution < 1.29 is 33.9 Å². The Morgan fingerprint density at radius 2 is 2.17 bits per heavy atom. The lowest BCUT2D eigenvalue weighted by atomic mass is 10.0. The summed E-state index contributed by atoms with van der Waals surface area (Å²) < 4.78 is 4.92. The number of hydrogen-bond acceptors (Lipinski definition) is 11. The first-order valence-corrected chi connectivity index (χ1v) is 9.90. The SMILES string of the molecule is CO/N=C(/C(=O)N[C@@H]1C(=O)N2C(C(=O)O)=C(OC(C)=O)CS[C@H]12)c1csc(N)n1. The minimum absolute atomic E-state index is 0.0453. The zero-order valence-electron chi connectivity index (χ0n) is 15.1. The van der Waals surface area contributed by atoms with Crippen molar-refractivity contribution >= 4 is 57.7 Å². The van der Waals surface area contributed by atoms with E-state index in [-0.39, 0.29) is 28.0 Å². The van der Waals surface area contributed by atoms with Crippen LogP contribution in [0.3, 0.4) is 0 Å². The molecule has 0 spiro atoms. The average molecular weight is 441 g/mol. The number of nitrogens with one attached hydrogen (secondary N) is 1. The van der Waals surface area contributed by atoms with Gasteiger partial charge in [-0.15, -0.1) is 23.1 Å². The van der Waals surface area contributed by atoms with Crippen LogP contribution in [0.5, 0.6) is 0 Å². The summed E-state index contributed by atoms with van der Waals surface area (Å²) in [6.45, 7) is 1.13. The molecule has 1 aromatic heterocycles. The number of rotatable bonds is 6. The lowest BCUT2D eigenvalue weighted by molar-refractivity contribution is -0.151. The minimum atomic E-state index is -1.41. The molecule has 12 nitrogen and oxygen atoms in total. The highest BCUT2D eigenvalue weighted by Crippen LogP contribution is 2.40. The first-order chi connectivity index (χ1) is 13.7. The molecule has 1 fully saturated rings. The number of hydrogen-bond donors (Lipinski definition) is 3. The molecule has 3 heterocycles. The molecule has 0 saturated carbocycles. The van der Waals surface area contributed by atoms with Crippen molar-refractivity contribution in [3.63, 3.8) is 0 Å². The molecule has 1 saturated heterocycles. The molecule has 3 rings (SSSR count). The Bertz CT molecular complexity index is 957. The number of β-lactam (4-membered cyclic amide) rings is 1. The van der Waals surface area contributed by atoms with Gasteiger partial charge in [-0.1, -0.05) is 5.16 Å². The van der Waals surface area contributed by atoms with E-state index in [9.17, 15) is 24.3 Å². The number of oxime groups is 1. The number of thiazole rings is 1. The summed E-state index contributed by atoms with van der Waals surface area (Å²) in [7, 11) is 1.25. The summed E-state index contributed by atoms with van der Waals surface area (Å²) in [5, 5.41) is 16.6. The average Bonchev–Trinajstić information content (AvgIpc) is 3.08. The molecule has 0 bridgehead atoms. The smallest absolute Gasteiger partial charge is 0.356 e. The fourth-order valence-corrected chi connectivity index (χ4v) is 4.55. The number of nitrogen functional groups attached to an aromatic ring is 1. The van der Waals surface area contributed by atoms with Crippen LogP contribution in [0.1, 0.15) is 12.6 Å². The molecule has 1 aromatic rings. The molecular formula is C15H15N5O7S2. The summed E-state index contributed by atoms with van der Waals surface area (Å²) in [6.07, 6.45) is 0. The van der Waals surface area contributed by atoms with E-state index in [1.165, 1.54) is 12.5 Å². The molecule has 154 valence electrons. The second-order valence-corrected chi connectivity index (χ2v) is 7.72. The van der Waals surface area contributed by atoms with Gasteiger partial charge in [-0.3, -0.25) is 19.3 Å². The third kappa shape index (κ3) is 3.88. The van der Waals surface area contributed by atoms with Gasteiger partial charge in [-0.2, -0.15) is 0 Å². The van der Waals surface area contributed by atoms with Crippen molar-refractivity contribution in [2.45, 2.75) is 18.3 Å². The second-order valence-electron chi connectivity index (χ2n) is 5.72. The van der Waals surface area contributed by atoms with E-state index in [0.717, 1.165) is 34.9 Å². The van der Waals surface area contributed by atoms with Gasteiger partial charge in [0.1, 0.15) is 30.0 Å². The zero-order chi connectivity index (χ0) is 21.3. The molecule has 2 aliphatic rings. The number of carbonyl (C=O) groups is 4. The highest BCUT2D eigenvalue weighted by Gasteiger charge is 2.55.